The zero-order chi connectivity index (χ0) is 7.28. The van der Waals surface area contributed by atoms with Gasteiger partial charge in [-0.05, 0) is 19.0 Å². The smallest absolute Gasteiger partial charge is 0.171 e. The molecule has 0 unspecified atom stereocenters. The Balaban J connectivity index is 3.58. The number of hydrogen-bond donors (Lipinski definition) is 2. The molecular weight excluding hydrogens is 116 g/mol. The van der Waals surface area contributed by atoms with Crippen LogP contribution in [0.5, 0.6) is 0 Å². The maximum absolute atomic E-state index is 10.6. The van der Waals surface area contributed by atoms with Gasteiger partial charge in [0.25, 0.3) is 0 Å². The summed E-state index contributed by atoms with van der Waals surface area (Å²) in [6, 6.07) is -0.451. The number of carbonyl (C=O) groups is 1. The first-order chi connectivity index (χ1) is 4.22. The fourth-order valence-electron chi connectivity index (χ4n) is 0.473. The minimum atomic E-state index is -0.451. The zero-order valence-corrected chi connectivity index (χ0v) is 5.34. The summed E-state index contributed by atoms with van der Waals surface area (Å²) in [7, 11) is 0. The SMILES string of the molecule is C=CC(=O)[C@@H](N)CCN. The third-order valence-corrected chi connectivity index (χ3v) is 1.04. The van der Waals surface area contributed by atoms with E-state index in [-0.39, 0.29) is 5.78 Å². The van der Waals surface area contributed by atoms with Crippen LogP contribution in [0.2, 0.25) is 0 Å². The van der Waals surface area contributed by atoms with E-state index in [4.69, 9.17) is 11.5 Å². The van der Waals surface area contributed by atoms with Gasteiger partial charge in [-0.1, -0.05) is 6.58 Å². The van der Waals surface area contributed by atoms with Crippen molar-refractivity contribution in [2.75, 3.05) is 6.54 Å². The molecule has 0 heterocycles. The molecule has 0 radical (unpaired) electrons. The second-order valence-corrected chi connectivity index (χ2v) is 1.79. The second kappa shape index (κ2) is 4.23. The first-order valence-corrected chi connectivity index (χ1v) is 2.84. The monoisotopic (exact) mass is 128 g/mol. The summed E-state index contributed by atoms with van der Waals surface area (Å²) in [5.41, 5.74) is 10.5. The van der Waals surface area contributed by atoms with Crippen molar-refractivity contribution in [1.29, 1.82) is 0 Å². The Morgan fingerprint density at radius 2 is 2.33 bits per heavy atom. The lowest BCUT2D eigenvalue weighted by molar-refractivity contribution is -0.115. The van der Waals surface area contributed by atoms with E-state index < -0.39 is 6.04 Å². The van der Waals surface area contributed by atoms with E-state index in [1.165, 1.54) is 6.08 Å². The van der Waals surface area contributed by atoms with Crippen molar-refractivity contribution >= 4 is 5.78 Å². The Labute approximate surface area is 54.7 Å². The van der Waals surface area contributed by atoms with Gasteiger partial charge < -0.3 is 11.5 Å². The van der Waals surface area contributed by atoms with Gasteiger partial charge in [-0.3, -0.25) is 4.79 Å². The summed E-state index contributed by atoms with van der Waals surface area (Å²) in [4.78, 5) is 10.6. The van der Waals surface area contributed by atoms with Crippen LogP contribution in [0.1, 0.15) is 6.42 Å². The highest BCUT2D eigenvalue weighted by molar-refractivity contribution is 5.93. The molecule has 0 spiro atoms. The molecule has 1 atom stereocenters. The van der Waals surface area contributed by atoms with Crippen molar-refractivity contribution in [3.8, 4) is 0 Å². The van der Waals surface area contributed by atoms with E-state index in [2.05, 4.69) is 6.58 Å². The highest BCUT2D eigenvalue weighted by Gasteiger charge is 2.06. The molecule has 0 saturated heterocycles. The van der Waals surface area contributed by atoms with Gasteiger partial charge in [0, 0.05) is 0 Å². The van der Waals surface area contributed by atoms with Crippen molar-refractivity contribution < 1.29 is 4.79 Å². The molecule has 9 heavy (non-hydrogen) atoms. The first-order valence-electron chi connectivity index (χ1n) is 2.84. The molecular formula is C6H12N2O. The predicted octanol–water partition coefficient (Wildman–Crippen LogP) is -0.582. The number of ketones is 1. The number of carbonyl (C=O) groups excluding carboxylic acids is 1. The molecule has 0 aliphatic rings. The van der Waals surface area contributed by atoms with Crippen molar-refractivity contribution in [2.45, 2.75) is 12.5 Å². The summed E-state index contributed by atoms with van der Waals surface area (Å²) in [6.07, 6.45) is 1.76. The topological polar surface area (TPSA) is 69.1 Å². The molecule has 3 heteroatoms. The lowest BCUT2D eigenvalue weighted by Gasteiger charge is -2.03. The maximum atomic E-state index is 10.6. The van der Waals surface area contributed by atoms with Crippen LogP contribution in [-0.2, 0) is 4.79 Å². The van der Waals surface area contributed by atoms with Gasteiger partial charge in [0.05, 0.1) is 6.04 Å². The van der Waals surface area contributed by atoms with Crippen LogP contribution in [0.4, 0.5) is 0 Å². The summed E-state index contributed by atoms with van der Waals surface area (Å²) in [5, 5.41) is 0. The van der Waals surface area contributed by atoms with Crippen LogP contribution in [0.3, 0.4) is 0 Å². The Morgan fingerprint density at radius 3 is 2.67 bits per heavy atom. The Kier molecular flexibility index (Phi) is 3.92. The summed E-state index contributed by atoms with van der Waals surface area (Å²) < 4.78 is 0. The molecule has 0 bridgehead atoms. The van der Waals surface area contributed by atoms with Crippen LogP contribution in [0.25, 0.3) is 0 Å². The Hall–Kier alpha value is -0.670. The molecule has 4 N–H and O–H groups in total. The summed E-state index contributed by atoms with van der Waals surface area (Å²) in [5.74, 6) is -0.138. The molecule has 0 aromatic rings. The first kappa shape index (κ1) is 8.33. The molecule has 3 nitrogen and oxygen atoms in total. The number of hydrogen-bond acceptors (Lipinski definition) is 3. The van der Waals surface area contributed by atoms with Gasteiger partial charge >= 0.3 is 0 Å². The lowest BCUT2D eigenvalue weighted by atomic mass is 10.1. The quantitative estimate of drug-likeness (QED) is 0.497. The average molecular weight is 128 g/mol. The Bertz CT molecular complexity index is 112. The second-order valence-electron chi connectivity index (χ2n) is 1.79. The lowest BCUT2D eigenvalue weighted by Crippen LogP contribution is -2.31. The molecule has 0 rings (SSSR count). The van der Waals surface area contributed by atoms with Crippen molar-refractivity contribution in [3.05, 3.63) is 12.7 Å². The van der Waals surface area contributed by atoms with E-state index in [0.717, 1.165) is 0 Å². The molecule has 0 aliphatic carbocycles. The van der Waals surface area contributed by atoms with Crippen LogP contribution in [-0.4, -0.2) is 18.4 Å². The zero-order valence-electron chi connectivity index (χ0n) is 5.34. The Morgan fingerprint density at radius 1 is 1.78 bits per heavy atom. The van der Waals surface area contributed by atoms with Crippen LogP contribution in [0.15, 0.2) is 12.7 Å². The average Bonchev–Trinajstić information content (AvgIpc) is 1.87. The standard InChI is InChI=1S/C6H12N2O/c1-2-6(9)5(8)3-4-7/h2,5H,1,3-4,7-8H2/t5-/m0/s1. The third kappa shape index (κ3) is 3.00. The molecule has 0 fully saturated rings. The fraction of sp³-hybridized carbons (Fsp3) is 0.500. The van der Waals surface area contributed by atoms with Gasteiger partial charge in [-0.15, -0.1) is 0 Å². The van der Waals surface area contributed by atoms with E-state index in [1.54, 1.807) is 0 Å². The maximum Gasteiger partial charge on any atom is 0.171 e. The van der Waals surface area contributed by atoms with E-state index in [1.807, 2.05) is 0 Å². The normalized spacial score (nSPS) is 12.7. The molecule has 0 aromatic heterocycles. The van der Waals surface area contributed by atoms with Crippen molar-refractivity contribution in [3.63, 3.8) is 0 Å². The number of rotatable bonds is 4. The highest BCUT2D eigenvalue weighted by Crippen LogP contribution is 1.87. The van der Waals surface area contributed by atoms with Gasteiger partial charge in [-0.25, -0.2) is 0 Å². The van der Waals surface area contributed by atoms with Crippen LogP contribution in [0, 0.1) is 0 Å². The number of nitrogens with two attached hydrogens (primary N) is 2. The minimum Gasteiger partial charge on any atom is -0.330 e. The largest absolute Gasteiger partial charge is 0.330 e. The minimum absolute atomic E-state index is 0.138. The van der Waals surface area contributed by atoms with Crippen LogP contribution >= 0.6 is 0 Å². The summed E-state index contributed by atoms with van der Waals surface area (Å²) >= 11 is 0. The van der Waals surface area contributed by atoms with Gasteiger partial charge in [0.15, 0.2) is 5.78 Å². The van der Waals surface area contributed by atoms with E-state index >= 15 is 0 Å². The molecule has 0 amide bonds. The highest BCUT2D eigenvalue weighted by atomic mass is 16.1. The third-order valence-electron chi connectivity index (χ3n) is 1.04. The molecule has 0 saturated carbocycles. The van der Waals surface area contributed by atoms with Crippen LogP contribution < -0.4 is 11.5 Å². The fourth-order valence-corrected chi connectivity index (χ4v) is 0.473. The van der Waals surface area contributed by atoms with Crippen molar-refractivity contribution in [1.82, 2.24) is 0 Å². The van der Waals surface area contributed by atoms with E-state index in [0.29, 0.717) is 13.0 Å². The summed E-state index contributed by atoms with van der Waals surface area (Å²) in [6.45, 7) is 3.74. The van der Waals surface area contributed by atoms with Gasteiger partial charge in [0.2, 0.25) is 0 Å². The predicted molar refractivity (Wildman–Crippen MR) is 36.9 cm³/mol. The molecule has 0 aromatic carbocycles. The molecule has 52 valence electrons. The van der Waals surface area contributed by atoms with Crippen molar-refractivity contribution in [2.24, 2.45) is 11.5 Å². The van der Waals surface area contributed by atoms with Gasteiger partial charge in [-0.2, -0.15) is 0 Å². The van der Waals surface area contributed by atoms with E-state index in [9.17, 15) is 4.79 Å². The van der Waals surface area contributed by atoms with Gasteiger partial charge in [0.1, 0.15) is 0 Å². The molecule has 0 aliphatic heterocycles.